The lowest BCUT2D eigenvalue weighted by Crippen LogP contribution is -2.55. The van der Waals surface area contributed by atoms with Crippen LogP contribution in [0.3, 0.4) is 0 Å². The van der Waals surface area contributed by atoms with Gasteiger partial charge < -0.3 is 19.6 Å². The van der Waals surface area contributed by atoms with Crippen molar-refractivity contribution in [3.05, 3.63) is 48.0 Å². The largest absolute Gasteiger partial charge is 0.479 e. The van der Waals surface area contributed by atoms with E-state index >= 15 is 0 Å². The van der Waals surface area contributed by atoms with E-state index < -0.39 is 23.2 Å². The second kappa shape index (κ2) is 6.62. The standard InChI is InChI=1S/C16H16FNO5/c1-16(9-22-2,15(20)21)18-14(19)13-8-7-12(23-13)10-5-3-4-6-11(10)17/h3-8H,9H2,1-2H3,(H,18,19)(H,20,21). The number of hydrogen-bond donors (Lipinski definition) is 2. The molecule has 0 bridgehead atoms. The molecule has 2 aromatic rings. The van der Waals surface area contributed by atoms with E-state index in [4.69, 9.17) is 9.15 Å². The van der Waals surface area contributed by atoms with Crippen molar-refractivity contribution in [3.8, 4) is 11.3 Å². The lowest BCUT2D eigenvalue weighted by Gasteiger charge is -2.24. The first-order chi connectivity index (χ1) is 10.9. The Morgan fingerprint density at radius 3 is 2.61 bits per heavy atom. The molecule has 0 aliphatic carbocycles. The van der Waals surface area contributed by atoms with Crippen LogP contribution in [0.15, 0.2) is 40.8 Å². The van der Waals surface area contributed by atoms with Crippen molar-refractivity contribution < 1.29 is 28.2 Å². The molecule has 2 rings (SSSR count). The number of amides is 1. The summed E-state index contributed by atoms with van der Waals surface area (Å²) in [7, 11) is 1.33. The summed E-state index contributed by atoms with van der Waals surface area (Å²) >= 11 is 0. The van der Waals surface area contributed by atoms with E-state index in [2.05, 4.69) is 5.32 Å². The van der Waals surface area contributed by atoms with Crippen LogP contribution in [0, 0.1) is 5.82 Å². The monoisotopic (exact) mass is 321 g/mol. The molecule has 1 aromatic carbocycles. The Hall–Kier alpha value is -2.67. The Balaban J connectivity index is 2.22. The Labute approximate surface area is 131 Å². The fourth-order valence-electron chi connectivity index (χ4n) is 2.02. The summed E-state index contributed by atoms with van der Waals surface area (Å²) in [4.78, 5) is 23.4. The predicted octanol–water partition coefficient (Wildman–Crippen LogP) is 2.31. The lowest BCUT2D eigenvalue weighted by atomic mass is 10.0. The Kier molecular flexibility index (Phi) is 4.80. The van der Waals surface area contributed by atoms with Gasteiger partial charge in [0.2, 0.25) is 0 Å². The first kappa shape index (κ1) is 16.7. The van der Waals surface area contributed by atoms with Crippen LogP contribution in [-0.2, 0) is 9.53 Å². The zero-order chi connectivity index (χ0) is 17.0. The highest BCUT2D eigenvalue weighted by Gasteiger charge is 2.36. The van der Waals surface area contributed by atoms with E-state index in [1.807, 2.05) is 0 Å². The number of benzene rings is 1. The summed E-state index contributed by atoms with van der Waals surface area (Å²) in [5, 5.41) is 11.5. The van der Waals surface area contributed by atoms with Gasteiger partial charge in [-0.15, -0.1) is 0 Å². The number of carbonyl (C=O) groups excluding carboxylic acids is 1. The number of rotatable bonds is 6. The number of carbonyl (C=O) groups is 2. The molecule has 2 N–H and O–H groups in total. The minimum atomic E-state index is -1.60. The van der Waals surface area contributed by atoms with E-state index in [1.165, 1.54) is 38.3 Å². The van der Waals surface area contributed by atoms with Gasteiger partial charge in [0, 0.05) is 7.11 Å². The van der Waals surface area contributed by atoms with Gasteiger partial charge in [-0.1, -0.05) is 12.1 Å². The number of nitrogens with one attached hydrogen (secondary N) is 1. The highest BCUT2D eigenvalue weighted by atomic mass is 19.1. The molecule has 0 saturated heterocycles. The number of aliphatic carboxylic acids is 1. The third-order valence-electron chi connectivity index (χ3n) is 3.26. The quantitative estimate of drug-likeness (QED) is 0.852. The van der Waals surface area contributed by atoms with Crippen LogP contribution in [0.2, 0.25) is 0 Å². The van der Waals surface area contributed by atoms with Gasteiger partial charge in [0.25, 0.3) is 5.91 Å². The zero-order valence-corrected chi connectivity index (χ0v) is 12.6. The molecule has 0 spiro atoms. The summed E-state index contributed by atoms with van der Waals surface area (Å²) in [5.74, 6) is -2.39. The molecule has 0 aliphatic rings. The van der Waals surface area contributed by atoms with Crippen LogP contribution >= 0.6 is 0 Å². The fourth-order valence-corrected chi connectivity index (χ4v) is 2.02. The van der Waals surface area contributed by atoms with Crippen LogP contribution in [-0.4, -0.2) is 36.2 Å². The van der Waals surface area contributed by atoms with E-state index in [9.17, 15) is 19.1 Å². The van der Waals surface area contributed by atoms with Crippen molar-refractivity contribution in [2.24, 2.45) is 0 Å². The Morgan fingerprint density at radius 1 is 1.30 bits per heavy atom. The molecular weight excluding hydrogens is 305 g/mol. The highest BCUT2D eigenvalue weighted by molar-refractivity contribution is 5.96. The van der Waals surface area contributed by atoms with Crippen molar-refractivity contribution in [2.75, 3.05) is 13.7 Å². The number of carboxylic acid groups (broad SMARTS) is 1. The van der Waals surface area contributed by atoms with Gasteiger partial charge in [0.1, 0.15) is 11.6 Å². The molecule has 0 radical (unpaired) electrons. The van der Waals surface area contributed by atoms with Gasteiger partial charge in [-0.3, -0.25) is 4.79 Å². The molecule has 1 heterocycles. The molecule has 1 amide bonds. The van der Waals surface area contributed by atoms with Gasteiger partial charge in [0.15, 0.2) is 11.3 Å². The third kappa shape index (κ3) is 3.57. The maximum absolute atomic E-state index is 13.7. The van der Waals surface area contributed by atoms with Crippen LogP contribution < -0.4 is 5.32 Å². The highest BCUT2D eigenvalue weighted by Crippen LogP contribution is 2.25. The van der Waals surface area contributed by atoms with Crippen LogP contribution in [0.25, 0.3) is 11.3 Å². The van der Waals surface area contributed by atoms with Crippen molar-refractivity contribution in [1.29, 1.82) is 0 Å². The molecule has 23 heavy (non-hydrogen) atoms. The Bertz CT molecular complexity index is 727. The third-order valence-corrected chi connectivity index (χ3v) is 3.26. The van der Waals surface area contributed by atoms with Crippen LogP contribution in [0.4, 0.5) is 4.39 Å². The average Bonchev–Trinajstić information content (AvgIpc) is 2.97. The van der Waals surface area contributed by atoms with Gasteiger partial charge in [-0.2, -0.15) is 0 Å². The van der Waals surface area contributed by atoms with Crippen LogP contribution in [0.5, 0.6) is 0 Å². The maximum Gasteiger partial charge on any atom is 0.331 e. The van der Waals surface area contributed by atoms with Gasteiger partial charge in [0.05, 0.1) is 12.2 Å². The molecule has 122 valence electrons. The Morgan fingerprint density at radius 2 is 2.00 bits per heavy atom. The summed E-state index contributed by atoms with van der Waals surface area (Å²) < 4.78 is 23.9. The molecule has 1 atom stereocenters. The summed E-state index contributed by atoms with van der Waals surface area (Å²) in [5.41, 5.74) is -1.39. The SMILES string of the molecule is COCC(C)(NC(=O)c1ccc(-c2ccccc2F)o1)C(=O)O. The number of furan rings is 1. The topological polar surface area (TPSA) is 88.8 Å². The van der Waals surface area contributed by atoms with E-state index in [0.29, 0.717) is 0 Å². The van der Waals surface area contributed by atoms with Crippen molar-refractivity contribution in [1.82, 2.24) is 5.32 Å². The minimum Gasteiger partial charge on any atom is -0.479 e. The van der Waals surface area contributed by atoms with Crippen LogP contribution in [0.1, 0.15) is 17.5 Å². The average molecular weight is 321 g/mol. The smallest absolute Gasteiger partial charge is 0.331 e. The first-order valence-corrected chi connectivity index (χ1v) is 6.77. The minimum absolute atomic E-state index is 0.119. The normalized spacial score (nSPS) is 13.3. The molecule has 1 unspecified atom stereocenters. The predicted molar refractivity (Wildman–Crippen MR) is 79.5 cm³/mol. The molecule has 1 aromatic heterocycles. The maximum atomic E-state index is 13.7. The zero-order valence-electron chi connectivity index (χ0n) is 12.6. The summed E-state index contributed by atoms with van der Waals surface area (Å²) in [6, 6.07) is 8.77. The number of hydrogen-bond acceptors (Lipinski definition) is 4. The number of methoxy groups -OCH3 is 1. The van der Waals surface area contributed by atoms with Gasteiger partial charge >= 0.3 is 5.97 Å². The van der Waals surface area contributed by atoms with Crippen molar-refractivity contribution in [3.63, 3.8) is 0 Å². The lowest BCUT2D eigenvalue weighted by molar-refractivity contribution is -0.145. The summed E-state index contributed by atoms with van der Waals surface area (Å²) in [6.45, 7) is 1.10. The number of ether oxygens (including phenoxy) is 1. The molecule has 0 fully saturated rings. The van der Waals surface area contributed by atoms with E-state index in [0.717, 1.165) is 0 Å². The number of carboxylic acids is 1. The van der Waals surface area contributed by atoms with Crippen molar-refractivity contribution >= 4 is 11.9 Å². The summed E-state index contributed by atoms with van der Waals surface area (Å²) in [6.07, 6.45) is 0. The van der Waals surface area contributed by atoms with E-state index in [-0.39, 0.29) is 23.7 Å². The fraction of sp³-hybridized carbons (Fsp3) is 0.250. The van der Waals surface area contributed by atoms with Gasteiger partial charge in [-0.25, -0.2) is 9.18 Å². The first-order valence-electron chi connectivity index (χ1n) is 6.77. The molecular formula is C16H16FNO5. The van der Waals surface area contributed by atoms with Crippen molar-refractivity contribution in [2.45, 2.75) is 12.5 Å². The van der Waals surface area contributed by atoms with Gasteiger partial charge in [-0.05, 0) is 31.2 Å². The molecule has 0 aliphatic heterocycles. The molecule has 6 nitrogen and oxygen atoms in total. The molecule has 7 heteroatoms. The molecule has 0 saturated carbocycles. The second-order valence-electron chi connectivity index (χ2n) is 5.17. The number of halogens is 1. The second-order valence-corrected chi connectivity index (χ2v) is 5.17. The van der Waals surface area contributed by atoms with E-state index in [1.54, 1.807) is 12.1 Å².